The average Bonchev–Trinajstić information content (AvgIpc) is 3.03. The predicted octanol–water partition coefficient (Wildman–Crippen LogP) is 2.79. The Morgan fingerprint density at radius 1 is 1.38 bits per heavy atom. The molecule has 3 rings (SSSR count). The van der Waals surface area contributed by atoms with Crippen molar-refractivity contribution in [1.82, 2.24) is 9.78 Å². The smallest absolute Gasteiger partial charge is 0.229 e. The third-order valence-corrected chi connectivity index (χ3v) is 4.87. The van der Waals surface area contributed by atoms with E-state index in [2.05, 4.69) is 26.3 Å². The van der Waals surface area contributed by atoms with Gasteiger partial charge in [-0.1, -0.05) is 22.0 Å². The Balaban J connectivity index is 1.74. The summed E-state index contributed by atoms with van der Waals surface area (Å²) >= 11 is 3.41. The lowest BCUT2D eigenvalue weighted by Crippen LogP contribution is -2.28. The monoisotopic (exact) mass is 390 g/mol. The molecule has 1 aliphatic rings. The third-order valence-electron chi connectivity index (χ3n) is 4.37. The molecule has 24 heavy (non-hydrogen) atoms. The normalized spacial score (nSPS) is 17.4. The lowest BCUT2D eigenvalue weighted by Gasteiger charge is -2.17. The number of hydrogen-bond donors (Lipinski definition) is 1. The van der Waals surface area contributed by atoms with Crippen LogP contribution >= 0.6 is 15.9 Å². The Kier molecular flexibility index (Phi) is 4.45. The van der Waals surface area contributed by atoms with E-state index in [9.17, 15) is 9.59 Å². The molecule has 0 unspecified atom stereocenters. The van der Waals surface area contributed by atoms with Crippen molar-refractivity contribution in [2.24, 2.45) is 13.0 Å². The van der Waals surface area contributed by atoms with Crippen LogP contribution in [0.5, 0.6) is 0 Å². The zero-order valence-electron chi connectivity index (χ0n) is 13.8. The molecule has 0 spiro atoms. The summed E-state index contributed by atoms with van der Waals surface area (Å²) in [4.78, 5) is 26.6. The van der Waals surface area contributed by atoms with Gasteiger partial charge in [-0.05, 0) is 32.0 Å². The molecular formula is C17H19BrN4O2. The van der Waals surface area contributed by atoms with E-state index in [4.69, 9.17) is 0 Å². The zero-order chi connectivity index (χ0) is 17.4. The summed E-state index contributed by atoms with van der Waals surface area (Å²) < 4.78 is 2.64. The zero-order valence-corrected chi connectivity index (χ0v) is 15.4. The van der Waals surface area contributed by atoms with Gasteiger partial charge in [-0.25, -0.2) is 0 Å². The fraction of sp³-hybridized carbons (Fsp3) is 0.353. The lowest BCUT2D eigenvalue weighted by atomic mass is 10.1. The van der Waals surface area contributed by atoms with E-state index in [1.165, 1.54) is 0 Å². The summed E-state index contributed by atoms with van der Waals surface area (Å²) in [5.41, 5.74) is 3.21. The minimum absolute atomic E-state index is 0.0344. The Morgan fingerprint density at radius 2 is 2.12 bits per heavy atom. The van der Waals surface area contributed by atoms with Crippen molar-refractivity contribution in [2.75, 3.05) is 16.8 Å². The van der Waals surface area contributed by atoms with Crippen LogP contribution in [0.25, 0.3) is 0 Å². The molecule has 2 heterocycles. The second-order valence-corrected chi connectivity index (χ2v) is 6.96. The minimum Gasteiger partial charge on any atom is -0.323 e. The van der Waals surface area contributed by atoms with Gasteiger partial charge in [0.05, 0.1) is 23.0 Å². The molecule has 0 radical (unpaired) electrons. The summed E-state index contributed by atoms with van der Waals surface area (Å²) in [5, 5.41) is 7.23. The van der Waals surface area contributed by atoms with Crippen LogP contribution < -0.4 is 10.2 Å². The summed E-state index contributed by atoms with van der Waals surface area (Å²) in [7, 11) is 1.84. The highest BCUT2D eigenvalue weighted by atomic mass is 79.9. The van der Waals surface area contributed by atoms with Crippen LogP contribution in [0.15, 0.2) is 28.7 Å². The highest BCUT2D eigenvalue weighted by molar-refractivity contribution is 9.10. The van der Waals surface area contributed by atoms with Crippen LogP contribution in [0, 0.1) is 19.8 Å². The SMILES string of the molecule is Cc1nn(C)c(C)c1NC(=O)[C@@H]1CC(=O)N(c2cccc(Br)c2)C1. The summed E-state index contributed by atoms with van der Waals surface area (Å²) in [6.45, 7) is 4.15. The van der Waals surface area contributed by atoms with E-state index in [0.717, 1.165) is 27.2 Å². The van der Waals surface area contributed by atoms with Gasteiger partial charge in [-0.2, -0.15) is 5.10 Å². The van der Waals surface area contributed by atoms with Crippen LogP contribution in [0.2, 0.25) is 0 Å². The molecular weight excluding hydrogens is 372 g/mol. The first kappa shape index (κ1) is 16.7. The summed E-state index contributed by atoms with van der Waals surface area (Å²) in [6, 6.07) is 7.54. The van der Waals surface area contributed by atoms with Crippen LogP contribution in [0.4, 0.5) is 11.4 Å². The van der Waals surface area contributed by atoms with Crippen molar-refractivity contribution in [3.63, 3.8) is 0 Å². The van der Waals surface area contributed by atoms with Crippen molar-refractivity contribution in [1.29, 1.82) is 0 Å². The lowest BCUT2D eigenvalue weighted by molar-refractivity contribution is -0.122. The van der Waals surface area contributed by atoms with Crippen LogP contribution in [-0.2, 0) is 16.6 Å². The van der Waals surface area contributed by atoms with Crippen LogP contribution in [-0.4, -0.2) is 28.1 Å². The molecule has 7 heteroatoms. The van der Waals surface area contributed by atoms with Gasteiger partial charge < -0.3 is 10.2 Å². The quantitative estimate of drug-likeness (QED) is 0.875. The standard InChI is InChI=1S/C17H19BrN4O2/c1-10-16(11(2)21(3)20-10)19-17(24)12-7-15(23)22(9-12)14-6-4-5-13(18)8-14/h4-6,8,12H,7,9H2,1-3H3,(H,19,24)/t12-/m1/s1. The first-order chi connectivity index (χ1) is 11.4. The molecule has 126 valence electrons. The number of nitrogens with zero attached hydrogens (tertiary/aromatic N) is 3. The third kappa shape index (κ3) is 3.08. The average molecular weight is 391 g/mol. The number of rotatable bonds is 3. The van der Waals surface area contributed by atoms with E-state index in [-0.39, 0.29) is 24.2 Å². The second-order valence-electron chi connectivity index (χ2n) is 6.04. The van der Waals surface area contributed by atoms with Crippen molar-refractivity contribution in [2.45, 2.75) is 20.3 Å². The predicted molar refractivity (Wildman–Crippen MR) is 95.9 cm³/mol. The maximum Gasteiger partial charge on any atom is 0.229 e. The van der Waals surface area contributed by atoms with Crippen molar-refractivity contribution in [3.05, 3.63) is 40.1 Å². The number of anilines is 2. The van der Waals surface area contributed by atoms with E-state index in [1.807, 2.05) is 45.2 Å². The molecule has 2 amide bonds. The van der Waals surface area contributed by atoms with E-state index in [1.54, 1.807) is 9.58 Å². The molecule has 6 nitrogen and oxygen atoms in total. The number of halogens is 1. The fourth-order valence-electron chi connectivity index (χ4n) is 2.96. The Labute approximate surface area is 149 Å². The molecule has 2 aromatic rings. The van der Waals surface area contributed by atoms with E-state index >= 15 is 0 Å². The fourth-order valence-corrected chi connectivity index (χ4v) is 3.34. The van der Waals surface area contributed by atoms with Crippen LogP contribution in [0.3, 0.4) is 0 Å². The van der Waals surface area contributed by atoms with Gasteiger partial charge in [0.1, 0.15) is 0 Å². The maximum atomic E-state index is 12.6. The second kappa shape index (κ2) is 6.39. The first-order valence-electron chi connectivity index (χ1n) is 7.74. The van der Waals surface area contributed by atoms with Crippen molar-refractivity contribution < 1.29 is 9.59 Å². The first-order valence-corrected chi connectivity index (χ1v) is 8.53. The van der Waals surface area contributed by atoms with Gasteiger partial charge in [-0.15, -0.1) is 0 Å². The van der Waals surface area contributed by atoms with Gasteiger partial charge in [0, 0.05) is 30.2 Å². The topological polar surface area (TPSA) is 67.2 Å². The Morgan fingerprint density at radius 3 is 2.75 bits per heavy atom. The molecule has 1 aromatic carbocycles. The minimum atomic E-state index is -0.365. The number of hydrogen-bond acceptors (Lipinski definition) is 3. The molecule has 1 atom stereocenters. The Hall–Kier alpha value is -2.15. The molecule has 1 fully saturated rings. The highest BCUT2D eigenvalue weighted by Crippen LogP contribution is 2.28. The number of amides is 2. The molecule has 1 saturated heterocycles. The van der Waals surface area contributed by atoms with Gasteiger partial charge in [0.25, 0.3) is 0 Å². The molecule has 1 aromatic heterocycles. The molecule has 0 bridgehead atoms. The number of carbonyl (C=O) groups is 2. The van der Waals surface area contributed by atoms with Crippen LogP contribution in [0.1, 0.15) is 17.8 Å². The summed E-state index contributed by atoms with van der Waals surface area (Å²) in [5.74, 6) is -0.539. The number of nitrogens with one attached hydrogen (secondary N) is 1. The van der Waals surface area contributed by atoms with Crippen molar-refractivity contribution >= 4 is 39.1 Å². The van der Waals surface area contributed by atoms with Gasteiger partial charge in [0.15, 0.2) is 0 Å². The largest absolute Gasteiger partial charge is 0.323 e. The molecule has 1 N–H and O–H groups in total. The molecule has 1 aliphatic heterocycles. The van der Waals surface area contributed by atoms with Gasteiger partial charge in [0.2, 0.25) is 11.8 Å². The molecule has 0 saturated carbocycles. The van der Waals surface area contributed by atoms with E-state index in [0.29, 0.717) is 6.54 Å². The highest BCUT2D eigenvalue weighted by Gasteiger charge is 2.35. The van der Waals surface area contributed by atoms with E-state index < -0.39 is 0 Å². The molecule has 0 aliphatic carbocycles. The Bertz CT molecular complexity index is 815. The number of carbonyl (C=O) groups excluding carboxylic acids is 2. The number of benzene rings is 1. The number of aryl methyl sites for hydroxylation is 2. The van der Waals surface area contributed by atoms with Gasteiger partial charge >= 0.3 is 0 Å². The summed E-state index contributed by atoms with van der Waals surface area (Å²) in [6.07, 6.45) is 0.219. The maximum absolute atomic E-state index is 12.6. The van der Waals surface area contributed by atoms with Gasteiger partial charge in [-0.3, -0.25) is 14.3 Å². The number of aromatic nitrogens is 2. The van der Waals surface area contributed by atoms with Crippen molar-refractivity contribution in [3.8, 4) is 0 Å².